The highest BCUT2D eigenvalue weighted by Crippen LogP contribution is 2.27. The predicted octanol–water partition coefficient (Wildman–Crippen LogP) is 2.54. The molecule has 0 saturated heterocycles. The van der Waals surface area contributed by atoms with Crippen molar-refractivity contribution in [1.29, 1.82) is 0 Å². The van der Waals surface area contributed by atoms with Crippen LogP contribution in [0.15, 0.2) is 51.7 Å². The molecule has 8 nitrogen and oxygen atoms in total. The Kier molecular flexibility index (Phi) is 5.72. The maximum atomic E-state index is 12.3. The smallest absolute Gasteiger partial charge is 0.291 e. The van der Waals surface area contributed by atoms with Crippen molar-refractivity contribution in [3.63, 3.8) is 0 Å². The molecule has 27 heavy (non-hydrogen) atoms. The summed E-state index contributed by atoms with van der Waals surface area (Å²) >= 11 is 1.12. The van der Waals surface area contributed by atoms with Gasteiger partial charge >= 0.3 is 0 Å². The first kappa shape index (κ1) is 18.5. The third-order valence-electron chi connectivity index (χ3n) is 3.56. The molecule has 3 N–H and O–H groups in total. The van der Waals surface area contributed by atoms with Crippen LogP contribution in [-0.4, -0.2) is 24.3 Å². The molecule has 0 saturated carbocycles. The molecule has 0 aliphatic heterocycles. The molecule has 3 aromatic rings. The van der Waals surface area contributed by atoms with E-state index in [0.29, 0.717) is 21.2 Å². The SMILES string of the molecule is Cc1cc(NC(=O)c2ccco2)sc1C(=O)NCC(=O)NCc1ccco1. The Morgan fingerprint density at radius 1 is 1.04 bits per heavy atom. The van der Waals surface area contributed by atoms with Crippen LogP contribution < -0.4 is 16.0 Å². The van der Waals surface area contributed by atoms with Gasteiger partial charge in [-0.15, -0.1) is 11.3 Å². The molecule has 0 aliphatic rings. The minimum absolute atomic E-state index is 0.162. The highest BCUT2D eigenvalue weighted by atomic mass is 32.1. The lowest BCUT2D eigenvalue weighted by atomic mass is 10.2. The predicted molar refractivity (Wildman–Crippen MR) is 98.6 cm³/mol. The highest BCUT2D eigenvalue weighted by molar-refractivity contribution is 7.18. The fourth-order valence-electron chi connectivity index (χ4n) is 2.25. The van der Waals surface area contributed by atoms with Gasteiger partial charge in [-0.05, 0) is 42.8 Å². The van der Waals surface area contributed by atoms with Gasteiger partial charge in [0, 0.05) is 0 Å². The monoisotopic (exact) mass is 387 g/mol. The summed E-state index contributed by atoms with van der Waals surface area (Å²) in [4.78, 5) is 36.5. The standard InChI is InChI=1S/C18H17N3O5S/c1-11-8-15(21-17(23)13-5-3-7-26-13)27-16(11)18(24)20-10-14(22)19-9-12-4-2-6-25-12/h2-8H,9-10H2,1H3,(H,19,22)(H,20,24)(H,21,23). The number of aryl methyl sites for hydroxylation is 1. The molecule has 0 atom stereocenters. The van der Waals surface area contributed by atoms with E-state index in [4.69, 9.17) is 8.83 Å². The molecule has 3 rings (SSSR count). The number of rotatable bonds is 7. The number of amides is 3. The molecule has 0 unspecified atom stereocenters. The van der Waals surface area contributed by atoms with Gasteiger partial charge in [0.2, 0.25) is 5.91 Å². The number of hydrogen-bond donors (Lipinski definition) is 3. The first-order chi connectivity index (χ1) is 13.0. The molecular weight excluding hydrogens is 370 g/mol. The summed E-state index contributed by atoms with van der Waals surface area (Å²) in [5.41, 5.74) is 0.697. The van der Waals surface area contributed by atoms with E-state index in [-0.39, 0.29) is 30.7 Å². The van der Waals surface area contributed by atoms with Gasteiger partial charge in [-0.25, -0.2) is 0 Å². The summed E-state index contributed by atoms with van der Waals surface area (Å²) in [6.45, 7) is 1.85. The van der Waals surface area contributed by atoms with Gasteiger partial charge in [-0.1, -0.05) is 0 Å². The number of furan rings is 2. The van der Waals surface area contributed by atoms with E-state index in [9.17, 15) is 14.4 Å². The van der Waals surface area contributed by atoms with Crippen LogP contribution in [0.1, 0.15) is 31.6 Å². The maximum absolute atomic E-state index is 12.3. The Hall–Kier alpha value is -3.33. The normalized spacial score (nSPS) is 10.4. The van der Waals surface area contributed by atoms with Crippen LogP contribution in [0.4, 0.5) is 5.00 Å². The molecular formula is C18H17N3O5S. The summed E-state index contributed by atoms with van der Waals surface area (Å²) < 4.78 is 10.1. The molecule has 3 heterocycles. The van der Waals surface area contributed by atoms with E-state index in [2.05, 4.69) is 16.0 Å². The van der Waals surface area contributed by atoms with Crippen molar-refractivity contribution in [2.24, 2.45) is 0 Å². The lowest BCUT2D eigenvalue weighted by Crippen LogP contribution is -2.36. The fraction of sp³-hybridized carbons (Fsp3) is 0.167. The van der Waals surface area contributed by atoms with E-state index in [0.717, 1.165) is 11.3 Å². The van der Waals surface area contributed by atoms with Crippen LogP contribution in [0.3, 0.4) is 0 Å². The van der Waals surface area contributed by atoms with Gasteiger partial charge < -0.3 is 24.8 Å². The van der Waals surface area contributed by atoms with E-state index < -0.39 is 5.91 Å². The third-order valence-corrected chi connectivity index (χ3v) is 4.71. The summed E-state index contributed by atoms with van der Waals surface area (Å²) in [6, 6.07) is 8.32. The van der Waals surface area contributed by atoms with Crippen LogP contribution in [0.25, 0.3) is 0 Å². The van der Waals surface area contributed by atoms with Crippen molar-refractivity contribution in [2.75, 3.05) is 11.9 Å². The van der Waals surface area contributed by atoms with Crippen LogP contribution in [0.2, 0.25) is 0 Å². The number of hydrogen-bond acceptors (Lipinski definition) is 6. The van der Waals surface area contributed by atoms with Gasteiger partial charge in [0.15, 0.2) is 5.76 Å². The van der Waals surface area contributed by atoms with Crippen LogP contribution in [-0.2, 0) is 11.3 Å². The number of carbonyl (C=O) groups is 3. The Balaban J connectivity index is 1.51. The molecule has 0 bridgehead atoms. The largest absolute Gasteiger partial charge is 0.467 e. The zero-order chi connectivity index (χ0) is 19.2. The zero-order valence-electron chi connectivity index (χ0n) is 14.4. The fourth-order valence-corrected chi connectivity index (χ4v) is 3.24. The molecule has 0 spiro atoms. The van der Waals surface area contributed by atoms with Crippen molar-refractivity contribution >= 4 is 34.1 Å². The minimum Gasteiger partial charge on any atom is -0.467 e. The van der Waals surface area contributed by atoms with E-state index in [1.54, 1.807) is 37.3 Å². The van der Waals surface area contributed by atoms with Crippen molar-refractivity contribution in [3.8, 4) is 0 Å². The second-order valence-corrected chi connectivity index (χ2v) is 6.65. The minimum atomic E-state index is -0.398. The Bertz CT molecular complexity index is 929. The number of anilines is 1. The van der Waals surface area contributed by atoms with Crippen molar-refractivity contribution < 1.29 is 23.2 Å². The van der Waals surface area contributed by atoms with Gasteiger partial charge in [-0.3, -0.25) is 14.4 Å². The molecule has 0 aliphatic carbocycles. The Labute approximate surface area is 158 Å². The van der Waals surface area contributed by atoms with Crippen LogP contribution >= 0.6 is 11.3 Å². The van der Waals surface area contributed by atoms with E-state index in [1.165, 1.54) is 12.5 Å². The highest BCUT2D eigenvalue weighted by Gasteiger charge is 2.17. The summed E-state index contributed by atoms with van der Waals surface area (Å²) in [5, 5.41) is 8.40. The van der Waals surface area contributed by atoms with Gasteiger partial charge in [-0.2, -0.15) is 0 Å². The third kappa shape index (κ3) is 4.85. The lowest BCUT2D eigenvalue weighted by Gasteiger charge is -2.05. The molecule has 0 radical (unpaired) electrons. The average Bonchev–Trinajstić information content (AvgIpc) is 3.39. The number of nitrogens with one attached hydrogen (secondary N) is 3. The molecule has 0 aromatic carbocycles. The molecule has 3 amide bonds. The first-order valence-electron chi connectivity index (χ1n) is 8.05. The van der Waals surface area contributed by atoms with E-state index >= 15 is 0 Å². The van der Waals surface area contributed by atoms with Crippen LogP contribution in [0, 0.1) is 6.92 Å². The number of thiophene rings is 1. The zero-order valence-corrected chi connectivity index (χ0v) is 15.2. The molecule has 140 valence electrons. The summed E-state index contributed by atoms with van der Waals surface area (Å²) in [7, 11) is 0. The maximum Gasteiger partial charge on any atom is 0.291 e. The van der Waals surface area contributed by atoms with Crippen molar-refractivity contribution in [3.05, 3.63) is 64.8 Å². The van der Waals surface area contributed by atoms with Crippen molar-refractivity contribution in [1.82, 2.24) is 10.6 Å². The number of carbonyl (C=O) groups excluding carboxylic acids is 3. The summed E-state index contributed by atoms with van der Waals surface area (Å²) in [5.74, 6) is -0.309. The second-order valence-electron chi connectivity index (χ2n) is 5.59. The first-order valence-corrected chi connectivity index (χ1v) is 8.87. The van der Waals surface area contributed by atoms with E-state index in [1.807, 2.05) is 0 Å². The topological polar surface area (TPSA) is 114 Å². The van der Waals surface area contributed by atoms with Gasteiger partial charge in [0.1, 0.15) is 5.76 Å². The quantitative estimate of drug-likeness (QED) is 0.576. The van der Waals surface area contributed by atoms with Crippen LogP contribution in [0.5, 0.6) is 0 Å². The molecule has 3 aromatic heterocycles. The Morgan fingerprint density at radius 2 is 1.81 bits per heavy atom. The molecule has 0 fully saturated rings. The average molecular weight is 387 g/mol. The lowest BCUT2D eigenvalue weighted by molar-refractivity contribution is -0.120. The Morgan fingerprint density at radius 3 is 2.52 bits per heavy atom. The van der Waals surface area contributed by atoms with Gasteiger partial charge in [0.25, 0.3) is 11.8 Å². The second kappa shape index (κ2) is 8.37. The molecule has 9 heteroatoms. The summed E-state index contributed by atoms with van der Waals surface area (Å²) in [6.07, 6.45) is 2.93. The van der Waals surface area contributed by atoms with Gasteiger partial charge in [0.05, 0.1) is 35.5 Å². The van der Waals surface area contributed by atoms with Crippen molar-refractivity contribution in [2.45, 2.75) is 13.5 Å².